The number of benzene rings is 1. The summed E-state index contributed by atoms with van der Waals surface area (Å²) in [5.41, 5.74) is 2.68. The highest BCUT2D eigenvalue weighted by atomic mass is 15.1. The monoisotopic (exact) mass is 240 g/mol. The molecule has 4 heteroatoms. The molecule has 1 heterocycles. The topological polar surface area (TPSA) is 53.6 Å². The SMILES string of the molecule is Cn1c(CCNC2CC2)nc2cc(C#N)ccc21. The number of nitriles is 1. The average molecular weight is 240 g/mol. The lowest BCUT2D eigenvalue weighted by Crippen LogP contribution is -2.20. The van der Waals surface area contributed by atoms with Gasteiger partial charge in [0.05, 0.1) is 22.7 Å². The van der Waals surface area contributed by atoms with Crippen molar-refractivity contribution in [2.45, 2.75) is 25.3 Å². The van der Waals surface area contributed by atoms with Crippen LogP contribution in [-0.2, 0) is 13.5 Å². The number of aryl methyl sites for hydroxylation is 1. The van der Waals surface area contributed by atoms with Crippen LogP contribution in [0.15, 0.2) is 18.2 Å². The first-order valence-corrected chi connectivity index (χ1v) is 6.37. The van der Waals surface area contributed by atoms with Crippen LogP contribution in [0.1, 0.15) is 24.2 Å². The second kappa shape index (κ2) is 4.43. The molecule has 1 aliphatic rings. The zero-order valence-corrected chi connectivity index (χ0v) is 10.5. The van der Waals surface area contributed by atoms with Crippen molar-refractivity contribution in [1.29, 1.82) is 5.26 Å². The number of imidazole rings is 1. The minimum atomic E-state index is 0.670. The van der Waals surface area contributed by atoms with E-state index in [0.29, 0.717) is 5.56 Å². The van der Waals surface area contributed by atoms with Gasteiger partial charge in [-0.15, -0.1) is 0 Å². The molecule has 1 fully saturated rings. The number of hydrogen-bond donors (Lipinski definition) is 1. The zero-order chi connectivity index (χ0) is 12.5. The standard InChI is InChI=1S/C14H16N4/c1-18-13-5-2-10(9-15)8-12(13)17-14(18)6-7-16-11-3-4-11/h2,5,8,11,16H,3-4,6-7H2,1H3. The van der Waals surface area contributed by atoms with Crippen molar-refractivity contribution in [3.63, 3.8) is 0 Å². The van der Waals surface area contributed by atoms with E-state index in [0.717, 1.165) is 35.9 Å². The molecule has 4 nitrogen and oxygen atoms in total. The molecule has 2 aromatic rings. The number of aromatic nitrogens is 2. The average Bonchev–Trinajstić information content (AvgIpc) is 3.15. The van der Waals surface area contributed by atoms with Gasteiger partial charge in [0.25, 0.3) is 0 Å². The molecule has 1 saturated carbocycles. The molecule has 1 aromatic heterocycles. The minimum Gasteiger partial charge on any atom is -0.331 e. The predicted octanol–water partition coefficient (Wildman–Crippen LogP) is 1.74. The van der Waals surface area contributed by atoms with Gasteiger partial charge in [0.1, 0.15) is 5.82 Å². The lowest BCUT2D eigenvalue weighted by Gasteiger charge is -2.03. The summed E-state index contributed by atoms with van der Waals surface area (Å²) in [7, 11) is 2.04. The van der Waals surface area contributed by atoms with E-state index in [2.05, 4.69) is 20.9 Å². The Labute approximate surface area is 106 Å². The molecule has 0 bridgehead atoms. The van der Waals surface area contributed by atoms with Crippen LogP contribution in [0.25, 0.3) is 11.0 Å². The first-order chi connectivity index (χ1) is 8.78. The van der Waals surface area contributed by atoms with Crippen LogP contribution in [0.2, 0.25) is 0 Å². The first kappa shape index (κ1) is 11.2. The number of nitrogens with one attached hydrogen (secondary N) is 1. The van der Waals surface area contributed by atoms with Crippen LogP contribution in [0, 0.1) is 11.3 Å². The predicted molar refractivity (Wildman–Crippen MR) is 70.2 cm³/mol. The quantitative estimate of drug-likeness (QED) is 0.885. The van der Waals surface area contributed by atoms with Gasteiger partial charge in [0.2, 0.25) is 0 Å². The second-order valence-electron chi connectivity index (χ2n) is 4.88. The molecule has 0 atom stereocenters. The van der Waals surface area contributed by atoms with Crippen molar-refractivity contribution < 1.29 is 0 Å². The summed E-state index contributed by atoms with van der Waals surface area (Å²) in [6, 6.07) is 8.56. The smallest absolute Gasteiger partial charge is 0.110 e. The van der Waals surface area contributed by atoms with Crippen molar-refractivity contribution >= 4 is 11.0 Å². The normalized spacial score (nSPS) is 14.9. The van der Waals surface area contributed by atoms with Gasteiger partial charge in [0, 0.05) is 26.1 Å². The molecule has 0 amide bonds. The first-order valence-electron chi connectivity index (χ1n) is 6.37. The van der Waals surface area contributed by atoms with E-state index in [1.54, 1.807) is 0 Å². The minimum absolute atomic E-state index is 0.670. The van der Waals surface area contributed by atoms with E-state index in [1.165, 1.54) is 12.8 Å². The Morgan fingerprint density at radius 2 is 2.33 bits per heavy atom. The number of fused-ring (bicyclic) bond motifs is 1. The third-order valence-corrected chi connectivity index (χ3v) is 3.46. The van der Waals surface area contributed by atoms with E-state index < -0.39 is 0 Å². The van der Waals surface area contributed by atoms with Crippen molar-refractivity contribution in [3.05, 3.63) is 29.6 Å². The highest BCUT2D eigenvalue weighted by Gasteiger charge is 2.20. The van der Waals surface area contributed by atoms with Crippen LogP contribution >= 0.6 is 0 Å². The van der Waals surface area contributed by atoms with Gasteiger partial charge in [-0.05, 0) is 31.0 Å². The van der Waals surface area contributed by atoms with E-state index >= 15 is 0 Å². The lowest BCUT2D eigenvalue weighted by atomic mass is 10.2. The van der Waals surface area contributed by atoms with Gasteiger partial charge < -0.3 is 9.88 Å². The van der Waals surface area contributed by atoms with E-state index in [9.17, 15) is 0 Å². The molecule has 1 N–H and O–H groups in total. The van der Waals surface area contributed by atoms with Gasteiger partial charge in [-0.1, -0.05) is 0 Å². The van der Waals surface area contributed by atoms with Crippen LogP contribution in [-0.4, -0.2) is 22.1 Å². The van der Waals surface area contributed by atoms with E-state index in [1.807, 2.05) is 25.2 Å². The lowest BCUT2D eigenvalue weighted by molar-refractivity contribution is 0.654. The van der Waals surface area contributed by atoms with Gasteiger partial charge in [-0.3, -0.25) is 0 Å². The summed E-state index contributed by atoms with van der Waals surface area (Å²) in [5.74, 6) is 1.08. The Balaban J connectivity index is 1.82. The van der Waals surface area contributed by atoms with Gasteiger partial charge in [-0.25, -0.2) is 4.98 Å². The summed E-state index contributed by atoms with van der Waals surface area (Å²) in [6.07, 6.45) is 3.56. The summed E-state index contributed by atoms with van der Waals surface area (Å²) >= 11 is 0. The number of hydrogen-bond acceptors (Lipinski definition) is 3. The Morgan fingerprint density at radius 1 is 1.50 bits per heavy atom. The fraction of sp³-hybridized carbons (Fsp3) is 0.429. The third kappa shape index (κ3) is 2.09. The Morgan fingerprint density at radius 3 is 3.06 bits per heavy atom. The summed E-state index contributed by atoms with van der Waals surface area (Å²) in [5, 5.41) is 12.4. The summed E-state index contributed by atoms with van der Waals surface area (Å²) in [6.45, 7) is 0.979. The Bertz CT molecular complexity index is 616. The number of rotatable bonds is 4. The Hall–Kier alpha value is -1.86. The largest absolute Gasteiger partial charge is 0.331 e. The molecular formula is C14H16N4. The maximum absolute atomic E-state index is 8.89. The molecule has 0 saturated heterocycles. The van der Waals surface area contributed by atoms with Crippen LogP contribution in [0.5, 0.6) is 0 Å². The molecule has 0 spiro atoms. The van der Waals surface area contributed by atoms with Crippen LogP contribution < -0.4 is 5.32 Å². The molecule has 18 heavy (non-hydrogen) atoms. The van der Waals surface area contributed by atoms with Crippen LogP contribution in [0.4, 0.5) is 0 Å². The van der Waals surface area contributed by atoms with Gasteiger partial charge in [-0.2, -0.15) is 5.26 Å². The zero-order valence-electron chi connectivity index (χ0n) is 10.5. The van der Waals surface area contributed by atoms with E-state index in [-0.39, 0.29) is 0 Å². The Kier molecular flexibility index (Phi) is 2.77. The molecule has 0 radical (unpaired) electrons. The molecule has 0 aliphatic heterocycles. The van der Waals surface area contributed by atoms with Crippen molar-refractivity contribution in [2.75, 3.05) is 6.54 Å². The summed E-state index contributed by atoms with van der Waals surface area (Å²) in [4.78, 5) is 4.61. The molecule has 1 aromatic carbocycles. The summed E-state index contributed by atoms with van der Waals surface area (Å²) < 4.78 is 2.12. The van der Waals surface area contributed by atoms with Gasteiger partial charge in [0.15, 0.2) is 0 Å². The van der Waals surface area contributed by atoms with Crippen LogP contribution in [0.3, 0.4) is 0 Å². The highest BCUT2D eigenvalue weighted by Crippen LogP contribution is 2.19. The van der Waals surface area contributed by atoms with Crippen molar-refractivity contribution in [2.24, 2.45) is 7.05 Å². The maximum atomic E-state index is 8.89. The van der Waals surface area contributed by atoms with Gasteiger partial charge >= 0.3 is 0 Å². The highest BCUT2D eigenvalue weighted by molar-refractivity contribution is 5.77. The number of nitrogens with zero attached hydrogens (tertiary/aromatic N) is 3. The molecule has 1 aliphatic carbocycles. The fourth-order valence-electron chi connectivity index (χ4n) is 2.22. The van der Waals surface area contributed by atoms with Crippen molar-refractivity contribution in [1.82, 2.24) is 14.9 Å². The second-order valence-corrected chi connectivity index (χ2v) is 4.88. The maximum Gasteiger partial charge on any atom is 0.110 e. The molecule has 3 rings (SSSR count). The van der Waals surface area contributed by atoms with E-state index in [4.69, 9.17) is 5.26 Å². The fourth-order valence-corrected chi connectivity index (χ4v) is 2.22. The third-order valence-electron chi connectivity index (χ3n) is 3.46. The molecular weight excluding hydrogens is 224 g/mol. The van der Waals surface area contributed by atoms with Crippen molar-refractivity contribution in [3.8, 4) is 6.07 Å². The molecule has 92 valence electrons. The molecule has 0 unspecified atom stereocenters.